The number of carbonyl (C=O) groups excluding carboxylic acids is 1. The van der Waals surface area contributed by atoms with Crippen molar-refractivity contribution in [2.75, 3.05) is 0 Å². The molecule has 2 heteroatoms. The number of nitrogens with one attached hydrogen (secondary N) is 1. The second kappa shape index (κ2) is 2.73. The topological polar surface area (TPSA) is 29.1 Å². The molecule has 0 spiro atoms. The van der Waals surface area contributed by atoms with Crippen LogP contribution in [0.5, 0.6) is 0 Å². The second-order valence-corrected chi connectivity index (χ2v) is 5.20. The number of hydrogen-bond acceptors (Lipinski definition) is 1. The summed E-state index contributed by atoms with van der Waals surface area (Å²) in [5.74, 6) is 1.34. The van der Waals surface area contributed by atoms with Gasteiger partial charge in [-0.1, -0.05) is 20.8 Å². The zero-order chi connectivity index (χ0) is 9.64. The van der Waals surface area contributed by atoms with E-state index in [-0.39, 0.29) is 0 Å². The molecule has 0 aliphatic heterocycles. The molecule has 2 nitrogen and oxygen atoms in total. The SMILES string of the molecule is CC(C)C1(C)CC1NC(=O)C1CC1. The Kier molecular flexibility index (Phi) is 1.90. The monoisotopic (exact) mass is 181 g/mol. The first-order chi connectivity index (χ1) is 6.04. The molecule has 0 aromatic rings. The molecular formula is C11H19NO. The molecule has 0 bridgehead atoms. The molecule has 74 valence electrons. The van der Waals surface area contributed by atoms with Gasteiger partial charge in [-0.25, -0.2) is 0 Å². The lowest BCUT2D eigenvalue weighted by atomic mass is 9.94. The van der Waals surface area contributed by atoms with Crippen molar-refractivity contribution in [2.24, 2.45) is 17.3 Å². The third kappa shape index (κ3) is 1.59. The summed E-state index contributed by atoms with van der Waals surface area (Å²) < 4.78 is 0. The van der Waals surface area contributed by atoms with Gasteiger partial charge in [0.2, 0.25) is 5.91 Å². The van der Waals surface area contributed by atoms with E-state index in [1.165, 1.54) is 6.42 Å². The molecule has 0 heterocycles. The Bertz CT molecular complexity index is 232. The molecule has 1 N–H and O–H groups in total. The lowest BCUT2D eigenvalue weighted by Gasteiger charge is -2.15. The van der Waals surface area contributed by atoms with Crippen LogP contribution in [0.25, 0.3) is 0 Å². The van der Waals surface area contributed by atoms with E-state index in [0.29, 0.717) is 29.2 Å². The first-order valence-corrected chi connectivity index (χ1v) is 5.34. The smallest absolute Gasteiger partial charge is 0.223 e. The molecule has 1 amide bonds. The highest BCUT2D eigenvalue weighted by Gasteiger charge is 2.53. The number of carbonyl (C=O) groups is 1. The third-order valence-corrected chi connectivity index (χ3v) is 3.86. The molecule has 2 rings (SSSR count). The summed E-state index contributed by atoms with van der Waals surface area (Å²) >= 11 is 0. The zero-order valence-electron chi connectivity index (χ0n) is 8.76. The summed E-state index contributed by atoms with van der Waals surface area (Å²) in [4.78, 5) is 11.5. The predicted molar refractivity (Wildman–Crippen MR) is 52.2 cm³/mol. The van der Waals surface area contributed by atoms with Gasteiger partial charge in [0, 0.05) is 12.0 Å². The fraction of sp³-hybridized carbons (Fsp3) is 0.909. The second-order valence-electron chi connectivity index (χ2n) is 5.20. The molecule has 0 saturated heterocycles. The van der Waals surface area contributed by atoms with Crippen LogP contribution in [-0.4, -0.2) is 11.9 Å². The van der Waals surface area contributed by atoms with Crippen molar-refractivity contribution >= 4 is 5.91 Å². The van der Waals surface area contributed by atoms with E-state index in [1.54, 1.807) is 0 Å². The molecule has 0 aromatic heterocycles. The minimum Gasteiger partial charge on any atom is -0.353 e. The Morgan fingerprint density at radius 3 is 2.46 bits per heavy atom. The van der Waals surface area contributed by atoms with Crippen molar-refractivity contribution in [1.82, 2.24) is 5.32 Å². The summed E-state index contributed by atoms with van der Waals surface area (Å²) in [6.07, 6.45) is 3.39. The summed E-state index contributed by atoms with van der Waals surface area (Å²) in [6.45, 7) is 6.75. The van der Waals surface area contributed by atoms with Crippen LogP contribution in [0.2, 0.25) is 0 Å². The van der Waals surface area contributed by atoms with Gasteiger partial charge in [0.25, 0.3) is 0 Å². The number of hydrogen-bond donors (Lipinski definition) is 1. The van der Waals surface area contributed by atoms with Crippen molar-refractivity contribution in [3.05, 3.63) is 0 Å². The number of amides is 1. The Hall–Kier alpha value is -0.530. The molecule has 2 atom stereocenters. The van der Waals surface area contributed by atoms with Crippen LogP contribution in [0.15, 0.2) is 0 Å². The normalized spacial score (nSPS) is 37.7. The van der Waals surface area contributed by atoms with Crippen LogP contribution in [0, 0.1) is 17.3 Å². The number of rotatable bonds is 3. The van der Waals surface area contributed by atoms with Gasteiger partial charge in [0.15, 0.2) is 0 Å². The van der Waals surface area contributed by atoms with E-state index < -0.39 is 0 Å². The summed E-state index contributed by atoms with van der Waals surface area (Å²) in [6, 6.07) is 0.459. The Balaban J connectivity index is 1.82. The molecule has 2 aliphatic rings. The molecule has 13 heavy (non-hydrogen) atoms. The van der Waals surface area contributed by atoms with Gasteiger partial charge in [0.1, 0.15) is 0 Å². The summed E-state index contributed by atoms with van der Waals surface area (Å²) in [5, 5.41) is 3.15. The van der Waals surface area contributed by atoms with Crippen molar-refractivity contribution < 1.29 is 4.79 Å². The first-order valence-electron chi connectivity index (χ1n) is 5.34. The minimum atomic E-state index is 0.300. The van der Waals surface area contributed by atoms with Gasteiger partial charge in [-0.05, 0) is 30.6 Å². The predicted octanol–water partition coefficient (Wildman–Crippen LogP) is 1.95. The molecule has 2 aliphatic carbocycles. The van der Waals surface area contributed by atoms with Crippen LogP contribution in [0.4, 0.5) is 0 Å². The highest BCUT2D eigenvalue weighted by Crippen LogP contribution is 2.51. The summed E-state index contributed by atoms with van der Waals surface area (Å²) in [5.41, 5.74) is 0.380. The van der Waals surface area contributed by atoms with E-state index in [9.17, 15) is 4.79 Å². The van der Waals surface area contributed by atoms with Gasteiger partial charge < -0.3 is 5.32 Å². The fourth-order valence-electron chi connectivity index (χ4n) is 1.87. The van der Waals surface area contributed by atoms with E-state index >= 15 is 0 Å². The average molecular weight is 181 g/mol. The molecule has 2 fully saturated rings. The molecule has 2 unspecified atom stereocenters. The van der Waals surface area contributed by atoms with Gasteiger partial charge in [-0.2, -0.15) is 0 Å². The lowest BCUT2D eigenvalue weighted by Crippen LogP contribution is -2.31. The lowest BCUT2D eigenvalue weighted by molar-refractivity contribution is -0.122. The van der Waals surface area contributed by atoms with Crippen LogP contribution in [-0.2, 0) is 4.79 Å². The molecular weight excluding hydrogens is 162 g/mol. The Morgan fingerprint density at radius 2 is 2.08 bits per heavy atom. The van der Waals surface area contributed by atoms with Gasteiger partial charge in [-0.15, -0.1) is 0 Å². The maximum atomic E-state index is 11.5. The van der Waals surface area contributed by atoms with Crippen molar-refractivity contribution in [3.63, 3.8) is 0 Å². The molecule has 0 aromatic carbocycles. The van der Waals surface area contributed by atoms with Gasteiger partial charge in [-0.3, -0.25) is 4.79 Å². The molecule has 2 saturated carbocycles. The van der Waals surface area contributed by atoms with Gasteiger partial charge >= 0.3 is 0 Å². The van der Waals surface area contributed by atoms with Crippen LogP contribution in [0.1, 0.15) is 40.0 Å². The zero-order valence-corrected chi connectivity index (χ0v) is 8.76. The van der Waals surface area contributed by atoms with Crippen LogP contribution in [0.3, 0.4) is 0 Å². The van der Waals surface area contributed by atoms with Gasteiger partial charge in [0.05, 0.1) is 0 Å². The first kappa shape index (κ1) is 9.04. The van der Waals surface area contributed by atoms with Crippen molar-refractivity contribution in [1.29, 1.82) is 0 Å². The van der Waals surface area contributed by atoms with Crippen molar-refractivity contribution in [3.8, 4) is 0 Å². The standard InChI is InChI=1S/C11H19NO/c1-7(2)11(3)6-9(11)12-10(13)8-4-5-8/h7-9H,4-6H2,1-3H3,(H,12,13). The fourth-order valence-corrected chi connectivity index (χ4v) is 1.87. The maximum absolute atomic E-state index is 11.5. The van der Waals surface area contributed by atoms with Crippen LogP contribution < -0.4 is 5.32 Å². The Morgan fingerprint density at radius 1 is 1.46 bits per heavy atom. The molecule has 0 radical (unpaired) electrons. The third-order valence-electron chi connectivity index (χ3n) is 3.86. The minimum absolute atomic E-state index is 0.300. The largest absolute Gasteiger partial charge is 0.353 e. The van der Waals surface area contributed by atoms with E-state index in [2.05, 4.69) is 26.1 Å². The Labute approximate surface area is 80.1 Å². The van der Waals surface area contributed by atoms with Crippen LogP contribution >= 0.6 is 0 Å². The van der Waals surface area contributed by atoms with Crippen molar-refractivity contribution in [2.45, 2.75) is 46.1 Å². The highest BCUT2D eigenvalue weighted by molar-refractivity contribution is 5.81. The van der Waals surface area contributed by atoms with E-state index in [4.69, 9.17) is 0 Å². The van der Waals surface area contributed by atoms with E-state index in [0.717, 1.165) is 12.8 Å². The average Bonchev–Trinajstić information content (AvgIpc) is 2.86. The maximum Gasteiger partial charge on any atom is 0.223 e. The van der Waals surface area contributed by atoms with E-state index in [1.807, 2.05) is 0 Å². The summed E-state index contributed by atoms with van der Waals surface area (Å²) in [7, 11) is 0. The highest BCUT2D eigenvalue weighted by atomic mass is 16.2. The quantitative estimate of drug-likeness (QED) is 0.708.